The van der Waals surface area contributed by atoms with E-state index in [0.717, 1.165) is 25.2 Å². The Labute approximate surface area is 117 Å². The second kappa shape index (κ2) is 5.26. The molecule has 2 N–H and O–H groups in total. The lowest BCUT2D eigenvalue weighted by atomic mass is 10.1. The molecule has 0 saturated heterocycles. The molecule has 1 aromatic carbocycles. The number of amides is 1. The highest BCUT2D eigenvalue weighted by Crippen LogP contribution is 2.34. The van der Waals surface area contributed by atoms with Gasteiger partial charge >= 0.3 is 0 Å². The summed E-state index contributed by atoms with van der Waals surface area (Å²) in [5, 5.41) is 12.4. The van der Waals surface area contributed by atoms with Crippen LogP contribution in [0.25, 0.3) is 0 Å². The Kier molecular flexibility index (Phi) is 3.46. The lowest BCUT2D eigenvalue weighted by Crippen LogP contribution is -2.29. The van der Waals surface area contributed by atoms with Crippen molar-refractivity contribution in [2.24, 2.45) is 0 Å². The smallest absolute Gasteiger partial charge is 0.257 e. The normalized spacial score (nSPS) is 21.5. The molecule has 1 atom stereocenters. The van der Waals surface area contributed by atoms with Crippen molar-refractivity contribution in [2.45, 2.75) is 12.5 Å². The number of nitrogens with one attached hydrogen (secondary N) is 1. The van der Waals surface area contributed by atoms with E-state index in [-0.39, 0.29) is 5.91 Å². The fourth-order valence-corrected chi connectivity index (χ4v) is 2.69. The largest absolute Gasteiger partial charge is 0.380 e. The summed E-state index contributed by atoms with van der Waals surface area (Å²) in [4.78, 5) is 13.7. The van der Waals surface area contributed by atoms with Gasteiger partial charge in [-0.05, 0) is 24.1 Å². The summed E-state index contributed by atoms with van der Waals surface area (Å²) in [5.74, 6) is -0.349. The SMILES string of the molecule is COCC1=CCN(c2ccc3c(c2)NC(=O)C3O)CC1. The number of carbonyl (C=O) groups excluding carboxylic acids is 1. The Hall–Kier alpha value is -1.85. The Morgan fingerprint density at radius 3 is 3.05 bits per heavy atom. The Morgan fingerprint density at radius 1 is 1.50 bits per heavy atom. The number of rotatable bonds is 3. The molecule has 106 valence electrons. The maximum atomic E-state index is 11.4. The number of carbonyl (C=O) groups is 1. The number of benzene rings is 1. The van der Waals surface area contributed by atoms with Gasteiger partial charge in [0.25, 0.3) is 5.91 Å². The predicted octanol–water partition coefficient (Wildman–Crippen LogP) is 1.46. The van der Waals surface area contributed by atoms with E-state index in [4.69, 9.17) is 4.74 Å². The summed E-state index contributed by atoms with van der Waals surface area (Å²) < 4.78 is 5.14. The minimum atomic E-state index is -1.03. The number of aliphatic hydroxyl groups is 1. The van der Waals surface area contributed by atoms with E-state index in [1.54, 1.807) is 7.11 Å². The summed E-state index contributed by atoms with van der Waals surface area (Å²) in [6.07, 6.45) is 2.14. The van der Waals surface area contributed by atoms with Crippen molar-refractivity contribution in [2.75, 3.05) is 37.0 Å². The molecule has 0 bridgehead atoms. The van der Waals surface area contributed by atoms with Gasteiger partial charge < -0.3 is 20.1 Å². The van der Waals surface area contributed by atoms with Crippen molar-refractivity contribution in [1.29, 1.82) is 0 Å². The van der Waals surface area contributed by atoms with Gasteiger partial charge in [-0.25, -0.2) is 0 Å². The summed E-state index contributed by atoms with van der Waals surface area (Å²) >= 11 is 0. The first-order valence-corrected chi connectivity index (χ1v) is 6.73. The van der Waals surface area contributed by atoms with Crippen LogP contribution in [-0.4, -0.2) is 37.8 Å². The molecule has 5 heteroatoms. The van der Waals surface area contributed by atoms with Gasteiger partial charge in [0.15, 0.2) is 6.10 Å². The first-order valence-electron chi connectivity index (χ1n) is 6.73. The third-order valence-corrected chi connectivity index (χ3v) is 3.84. The molecule has 0 radical (unpaired) electrons. The summed E-state index contributed by atoms with van der Waals surface area (Å²) in [7, 11) is 1.71. The number of anilines is 2. The molecule has 1 amide bonds. The van der Waals surface area contributed by atoms with Crippen LogP contribution in [-0.2, 0) is 9.53 Å². The summed E-state index contributed by atoms with van der Waals surface area (Å²) in [6.45, 7) is 2.47. The first-order chi connectivity index (χ1) is 9.69. The minimum Gasteiger partial charge on any atom is -0.380 e. The number of aliphatic hydroxyl groups excluding tert-OH is 1. The molecular formula is C15H18N2O3. The highest BCUT2D eigenvalue weighted by molar-refractivity contribution is 6.02. The Bertz CT molecular complexity index is 568. The maximum Gasteiger partial charge on any atom is 0.257 e. The van der Waals surface area contributed by atoms with Crippen molar-refractivity contribution < 1.29 is 14.6 Å². The zero-order chi connectivity index (χ0) is 14.1. The molecule has 20 heavy (non-hydrogen) atoms. The number of ether oxygens (including phenoxy) is 1. The van der Waals surface area contributed by atoms with Crippen LogP contribution in [0.4, 0.5) is 11.4 Å². The van der Waals surface area contributed by atoms with Gasteiger partial charge in [-0.15, -0.1) is 0 Å². The molecule has 0 saturated carbocycles. The van der Waals surface area contributed by atoms with Crippen LogP contribution < -0.4 is 10.2 Å². The number of fused-ring (bicyclic) bond motifs is 1. The molecule has 0 aromatic heterocycles. The summed E-state index contributed by atoms with van der Waals surface area (Å²) in [5.41, 5.74) is 3.76. The van der Waals surface area contributed by atoms with Crippen molar-refractivity contribution in [3.05, 3.63) is 35.4 Å². The van der Waals surface area contributed by atoms with Crippen molar-refractivity contribution in [1.82, 2.24) is 0 Å². The van der Waals surface area contributed by atoms with Crippen LogP contribution in [0.3, 0.4) is 0 Å². The Morgan fingerprint density at radius 2 is 2.35 bits per heavy atom. The zero-order valence-corrected chi connectivity index (χ0v) is 11.4. The Balaban J connectivity index is 1.77. The van der Waals surface area contributed by atoms with Crippen LogP contribution in [0.1, 0.15) is 18.1 Å². The molecule has 0 aliphatic carbocycles. The van der Waals surface area contributed by atoms with Gasteiger partial charge in [0.05, 0.1) is 6.61 Å². The molecule has 2 aliphatic heterocycles. The minimum absolute atomic E-state index is 0.349. The van der Waals surface area contributed by atoms with Gasteiger partial charge in [0, 0.05) is 37.1 Å². The highest BCUT2D eigenvalue weighted by Gasteiger charge is 2.28. The standard InChI is InChI=1S/C15H18N2O3/c1-20-9-10-4-6-17(7-5-10)11-2-3-12-13(8-11)16-15(19)14(12)18/h2-4,8,14,18H,5-7,9H2,1H3,(H,16,19). The van der Waals surface area contributed by atoms with Crippen LogP contribution in [0.15, 0.2) is 29.8 Å². The molecular weight excluding hydrogens is 256 g/mol. The fraction of sp³-hybridized carbons (Fsp3) is 0.400. The highest BCUT2D eigenvalue weighted by atomic mass is 16.5. The van der Waals surface area contributed by atoms with E-state index in [1.807, 2.05) is 18.2 Å². The maximum absolute atomic E-state index is 11.4. The van der Waals surface area contributed by atoms with Crippen molar-refractivity contribution in [3.8, 4) is 0 Å². The lowest BCUT2D eigenvalue weighted by molar-refractivity contribution is -0.123. The van der Waals surface area contributed by atoms with Crippen LogP contribution in [0, 0.1) is 0 Å². The molecule has 2 aliphatic rings. The van der Waals surface area contributed by atoms with Gasteiger partial charge in [0.1, 0.15) is 0 Å². The molecule has 2 heterocycles. The van der Waals surface area contributed by atoms with Gasteiger partial charge in [-0.2, -0.15) is 0 Å². The number of hydrogen-bond acceptors (Lipinski definition) is 4. The van der Waals surface area contributed by atoms with Crippen LogP contribution in [0.5, 0.6) is 0 Å². The van der Waals surface area contributed by atoms with E-state index in [1.165, 1.54) is 5.57 Å². The van der Waals surface area contributed by atoms with E-state index in [0.29, 0.717) is 17.9 Å². The third-order valence-electron chi connectivity index (χ3n) is 3.84. The second-order valence-corrected chi connectivity index (χ2v) is 5.15. The predicted molar refractivity (Wildman–Crippen MR) is 76.8 cm³/mol. The molecule has 5 nitrogen and oxygen atoms in total. The van der Waals surface area contributed by atoms with E-state index < -0.39 is 6.10 Å². The second-order valence-electron chi connectivity index (χ2n) is 5.15. The number of nitrogens with zero attached hydrogens (tertiary/aromatic N) is 1. The summed E-state index contributed by atoms with van der Waals surface area (Å²) in [6, 6.07) is 5.71. The molecule has 0 fully saturated rings. The van der Waals surface area contributed by atoms with Gasteiger partial charge in [-0.3, -0.25) is 4.79 Å². The van der Waals surface area contributed by atoms with E-state index >= 15 is 0 Å². The van der Waals surface area contributed by atoms with Gasteiger partial charge in [-0.1, -0.05) is 12.1 Å². The quantitative estimate of drug-likeness (QED) is 0.819. The average Bonchev–Trinajstić information content (AvgIpc) is 2.75. The van der Waals surface area contributed by atoms with E-state index in [9.17, 15) is 9.90 Å². The molecule has 3 rings (SSSR count). The zero-order valence-electron chi connectivity index (χ0n) is 11.4. The number of hydrogen-bond donors (Lipinski definition) is 2. The monoisotopic (exact) mass is 274 g/mol. The third kappa shape index (κ3) is 2.30. The van der Waals surface area contributed by atoms with Crippen molar-refractivity contribution in [3.63, 3.8) is 0 Å². The fourth-order valence-electron chi connectivity index (χ4n) is 2.69. The first kappa shape index (κ1) is 13.1. The van der Waals surface area contributed by atoms with E-state index in [2.05, 4.69) is 16.3 Å². The van der Waals surface area contributed by atoms with Crippen LogP contribution >= 0.6 is 0 Å². The van der Waals surface area contributed by atoms with Crippen molar-refractivity contribution >= 4 is 17.3 Å². The van der Waals surface area contributed by atoms with Crippen LogP contribution in [0.2, 0.25) is 0 Å². The topological polar surface area (TPSA) is 61.8 Å². The van der Waals surface area contributed by atoms with Gasteiger partial charge in [0.2, 0.25) is 0 Å². The average molecular weight is 274 g/mol. The molecule has 1 aromatic rings. The molecule has 1 unspecified atom stereocenters. The molecule has 0 spiro atoms. The lowest BCUT2D eigenvalue weighted by Gasteiger charge is -2.28. The number of methoxy groups -OCH3 is 1.